The van der Waals surface area contributed by atoms with Crippen LogP contribution in [0.4, 0.5) is 4.79 Å². The van der Waals surface area contributed by atoms with Crippen molar-refractivity contribution in [3.8, 4) is 0 Å². The summed E-state index contributed by atoms with van der Waals surface area (Å²) in [6, 6.07) is 0. The number of ether oxygens (including phenoxy) is 1. The van der Waals surface area contributed by atoms with Gasteiger partial charge in [0.05, 0.1) is 13.2 Å². The molecule has 0 spiro atoms. The standard InChI is InChI=1S/C10H20O5/c1-4-6-9(3)8-12-10(11)14-15-13-7-5-2/h9H,4-8H2,1-3H3. The Morgan fingerprint density at radius 1 is 1.27 bits per heavy atom. The van der Waals surface area contributed by atoms with E-state index in [2.05, 4.69) is 21.7 Å². The largest absolute Gasteiger partial charge is 0.542 e. The lowest BCUT2D eigenvalue weighted by Gasteiger charge is -2.09. The second-order valence-corrected chi connectivity index (χ2v) is 3.43. The molecule has 1 unspecified atom stereocenters. The summed E-state index contributed by atoms with van der Waals surface area (Å²) in [5.74, 6) is 0.333. The van der Waals surface area contributed by atoms with Crippen molar-refractivity contribution >= 4 is 6.16 Å². The van der Waals surface area contributed by atoms with Gasteiger partial charge in [0, 0.05) is 0 Å². The van der Waals surface area contributed by atoms with Crippen LogP contribution in [0.3, 0.4) is 0 Å². The van der Waals surface area contributed by atoms with Crippen LogP contribution in [0.1, 0.15) is 40.0 Å². The monoisotopic (exact) mass is 220 g/mol. The smallest absolute Gasteiger partial charge is 0.432 e. The minimum Gasteiger partial charge on any atom is -0.432 e. The lowest BCUT2D eigenvalue weighted by molar-refractivity contribution is -0.486. The Hall–Kier alpha value is -0.810. The van der Waals surface area contributed by atoms with Crippen LogP contribution >= 0.6 is 0 Å². The van der Waals surface area contributed by atoms with Gasteiger partial charge in [0.25, 0.3) is 0 Å². The van der Waals surface area contributed by atoms with Crippen LogP contribution in [0.25, 0.3) is 0 Å². The predicted molar refractivity (Wildman–Crippen MR) is 53.8 cm³/mol. The summed E-state index contributed by atoms with van der Waals surface area (Å²) in [4.78, 5) is 19.5. The number of carbonyl (C=O) groups excluding carboxylic acids is 1. The predicted octanol–water partition coefficient (Wildman–Crippen LogP) is 2.85. The van der Waals surface area contributed by atoms with Gasteiger partial charge in [-0.3, -0.25) is 0 Å². The molecule has 0 aliphatic heterocycles. The molecule has 0 aromatic carbocycles. The van der Waals surface area contributed by atoms with E-state index in [0.717, 1.165) is 19.3 Å². The molecule has 0 aromatic heterocycles. The second kappa shape index (κ2) is 9.73. The van der Waals surface area contributed by atoms with Crippen LogP contribution in [0.5, 0.6) is 0 Å². The van der Waals surface area contributed by atoms with Gasteiger partial charge in [-0.05, 0) is 23.8 Å². The molecule has 0 heterocycles. The molecule has 0 aromatic rings. The van der Waals surface area contributed by atoms with Crippen LogP contribution in [0, 0.1) is 5.92 Å². The van der Waals surface area contributed by atoms with Crippen molar-refractivity contribution in [1.29, 1.82) is 0 Å². The van der Waals surface area contributed by atoms with E-state index in [4.69, 9.17) is 4.74 Å². The lowest BCUT2D eigenvalue weighted by Crippen LogP contribution is -2.13. The lowest BCUT2D eigenvalue weighted by atomic mass is 10.1. The van der Waals surface area contributed by atoms with E-state index >= 15 is 0 Å². The Balaban J connectivity index is 3.32. The first-order valence-electron chi connectivity index (χ1n) is 5.33. The average molecular weight is 220 g/mol. The Labute approximate surface area is 90.5 Å². The van der Waals surface area contributed by atoms with Crippen molar-refractivity contribution in [1.82, 2.24) is 0 Å². The quantitative estimate of drug-likeness (QED) is 0.272. The Morgan fingerprint density at radius 2 is 2.00 bits per heavy atom. The molecule has 1 atom stereocenters. The Morgan fingerprint density at radius 3 is 2.60 bits per heavy atom. The molecular formula is C10H20O5. The molecule has 5 heteroatoms. The summed E-state index contributed by atoms with van der Waals surface area (Å²) >= 11 is 0. The summed E-state index contributed by atoms with van der Waals surface area (Å²) in [6.07, 6.45) is 2.00. The molecule has 90 valence electrons. The SMILES string of the molecule is CCCOOOC(=O)OCC(C)CCC. The number of hydrogen-bond donors (Lipinski definition) is 0. The Bertz CT molecular complexity index is 160. The van der Waals surface area contributed by atoms with E-state index < -0.39 is 6.16 Å². The summed E-state index contributed by atoms with van der Waals surface area (Å²) in [7, 11) is 0. The van der Waals surface area contributed by atoms with E-state index in [1.165, 1.54) is 0 Å². The maximum Gasteiger partial charge on any atom is 0.542 e. The highest BCUT2D eigenvalue weighted by Crippen LogP contribution is 2.05. The minimum absolute atomic E-state index is 0.333. The fourth-order valence-corrected chi connectivity index (χ4v) is 0.980. The molecule has 0 aliphatic rings. The molecule has 0 aliphatic carbocycles. The van der Waals surface area contributed by atoms with Gasteiger partial charge < -0.3 is 4.74 Å². The second-order valence-electron chi connectivity index (χ2n) is 3.43. The van der Waals surface area contributed by atoms with Crippen LogP contribution in [0.2, 0.25) is 0 Å². The zero-order valence-electron chi connectivity index (χ0n) is 9.65. The zero-order chi connectivity index (χ0) is 11.5. The average Bonchev–Trinajstić information content (AvgIpc) is 2.22. The normalized spacial score (nSPS) is 12.2. The van der Waals surface area contributed by atoms with Gasteiger partial charge in [-0.1, -0.05) is 27.2 Å². The first-order valence-corrected chi connectivity index (χ1v) is 5.33. The molecule has 5 nitrogen and oxygen atoms in total. The highest BCUT2D eigenvalue weighted by Gasteiger charge is 2.08. The molecule has 15 heavy (non-hydrogen) atoms. The van der Waals surface area contributed by atoms with E-state index in [1.54, 1.807) is 0 Å². The first kappa shape index (κ1) is 14.2. The summed E-state index contributed by atoms with van der Waals surface area (Å²) < 4.78 is 4.77. The molecule has 0 amide bonds. The summed E-state index contributed by atoms with van der Waals surface area (Å²) in [6.45, 7) is 6.71. The maximum absolute atomic E-state index is 10.9. The highest BCUT2D eigenvalue weighted by atomic mass is 17.5. The number of rotatable bonds is 8. The highest BCUT2D eigenvalue weighted by molar-refractivity contribution is 5.58. The van der Waals surface area contributed by atoms with Gasteiger partial charge in [0.1, 0.15) is 0 Å². The molecule has 0 bridgehead atoms. The Kier molecular flexibility index (Phi) is 9.21. The number of carbonyl (C=O) groups is 1. The van der Waals surface area contributed by atoms with Crippen LogP contribution < -0.4 is 0 Å². The number of hydrogen-bond acceptors (Lipinski definition) is 5. The van der Waals surface area contributed by atoms with Crippen LogP contribution in [-0.4, -0.2) is 19.4 Å². The van der Waals surface area contributed by atoms with Gasteiger partial charge in [-0.2, -0.15) is 4.89 Å². The van der Waals surface area contributed by atoms with Crippen molar-refractivity contribution in [2.45, 2.75) is 40.0 Å². The van der Waals surface area contributed by atoms with Crippen LogP contribution in [-0.2, 0) is 19.6 Å². The third-order valence-electron chi connectivity index (χ3n) is 1.70. The zero-order valence-corrected chi connectivity index (χ0v) is 9.65. The van der Waals surface area contributed by atoms with Crippen molar-refractivity contribution in [3.05, 3.63) is 0 Å². The van der Waals surface area contributed by atoms with Crippen molar-refractivity contribution in [3.63, 3.8) is 0 Å². The molecular weight excluding hydrogens is 200 g/mol. The molecule has 0 N–H and O–H groups in total. The van der Waals surface area contributed by atoms with Crippen molar-refractivity contribution < 1.29 is 24.3 Å². The van der Waals surface area contributed by atoms with E-state index in [1.807, 2.05) is 13.8 Å². The fourth-order valence-electron chi connectivity index (χ4n) is 0.980. The molecule has 0 fully saturated rings. The summed E-state index contributed by atoms with van der Waals surface area (Å²) in [5, 5.41) is 4.15. The van der Waals surface area contributed by atoms with Gasteiger partial charge in [-0.15, -0.1) is 0 Å². The third kappa shape index (κ3) is 9.49. The topological polar surface area (TPSA) is 54.0 Å². The van der Waals surface area contributed by atoms with E-state index in [0.29, 0.717) is 19.1 Å². The van der Waals surface area contributed by atoms with Gasteiger partial charge in [0.15, 0.2) is 0 Å². The van der Waals surface area contributed by atoms with Crippen LogP contribution in [0.15, 0.2) is 0 Å². The minimum atomic E-state index is -0.867. The molecule has 0 radical (unpaired) electrons. The fraction of sp³-hybridized carbons (Fsp3) is 0.900. The van der Waals surface area contributed by atoms with Crippen molar-refractivity contribution in [2.24, 2.45) is 5.92 Å². The van der Waals surface area contributed by atoms with Gasteiger partial charge >= 0.3 is 6.16 Å². The van der Waals surface area contributed by atoms with Gasteiger partial charge in [-0.25, -0.2) is 9.68 Å². The maximum atomic E-state index is 10.9. The molecule has 0 saturated heterocycles. The van der Waals surface area contributed by atoms with Crippen molar-refractivity contribution in [2.75, 3.05) is 13.2 Å². The summed E-state index contributed by atoms with van der Waals surface area (Å²) in [5.41, 5.74) is 0. The first-order chi connectivity index (χ1) is 7.20. The molecule has 0 rings (SSSR count). The third-order valence-corrected chi connectivity index (χ3v) is 1.70. The van der Waals surface area contributed by atoms with Gasteiger partial charge in [0.2, 0.25) is 0 Å². The van der Waals surface area contributed by atoms with E-state index in [-0.39, 0.29) is 0 Å². The molecule has 0 saturated carbocycles. The van der Waals surface area contributed by atoms with E-state index in [9.17, 15) is 4.79 Å².